The second kappa shape index (κ2) is 9.75. The van der Waals surface area contributed by atoms with Crippen LogP contribution in [0.1, 0.15) is 18.9 Å². The monoisotopic (exact) mass is 424 g/mol. The fraction of sp³-hybridized carbons (Fsp3) is 0.190. The lowest BCUT2D eigenvalue weighted by atomic mass is 10.1. The van der Waals surface area contributed by atoms with E-state index in [1.807, 2.05) is 30.3 Å². The van der Waals surface area contributed by atoms with Crippen LogP contribution in [0.25, 0.3) is 11.3 Å². The Morgan fingerprint density at radius 1 is 1.17 bits per heavy atom. The molecule has 2 aromatic carbocycles. The summed E-state index contributed by atoms with van der Waals surface area (Å²) in [6.45, 7) is 2.21. The molecule has 0 unspecified atom stereocenters. The molecule has 1 heterocycles. The summed E-state index contributed by atoms with van der Waals surface area (Å²) in [4.78, 5) is 40.6. The summed E-state index contributed by atoms with van der Waals surface area (Å²) < 4.78 is 0. The van der Waals surface area contributed by atoms with Crippen molar-refractivity contribution in [3.63, 3.8) is 0 Å². The van der Waals surface area contributed by atoms with Crippen molar-refractivity contribution in [2.45, 2.75) is 19.9 Å². The first-order valence-corrected chi connectivity index (χ1v) is 10.1. The average molecular weight is 424 g/mol. The minimum absolute atomic E-state index is 0.0196. The number of hydrogen-bond acceptors (Lipinski definition) is 6. The summed E-state index contributed by atoms with van der Waals surface area (Å²) in [5, 5.41) is 15.8. The number of hydrogen-bond donors (Lipinski definition) is 1. The molecule has 0 spiro atoms. The van der Waals surface area contributed by atoms with Gasteiger partial charge in [-0.1, -0.05) is 42.5 Å². The number of amides is 2. The molecule has 0 fully saturated rings. The molecule has 8 nitrogen and oxygen atoms in total. The summed E-state index contributed by atoms with van der Waals surface area (Å²) in [5.74, 6) is -0.358. The number of carbonyl (C=O) groups is 2. The first-order chi connectivity index (χ1) is 14.4. The van der Waals surface area contributed by atoms with Gasteiger partial charge in [0, 0.05) is 49.5 Å². The van der Waals surface area contributed by atoms with E-state index in [4.69, 9.17) is 0 Å². The molecule has 0 atom stereocenters. The van der Waals surface area contributed by atoms with Crippen LogP contribution >= 0.6 is 11.3 Å². The van der Waals surface area contributed by atoms with Gasteiger partial charge < -0.3 is 10.2 Å². The fourth-order valence-electron chi connectivity index (χ4n) is 2.81. The van der Waals surface area contributed by atoms with Gasteiger partial charge in [-0.3, -0.25) is 19.7 Å². The van der Waals surface area contributed by atoms with Crippen molar-refractivity contribution in [2.24, 2.45) is 0 Å². The van der Waals surface area contributed by atoms with Crippen LogP contribution in [-0.2, 0) is 16.1 Å². The Balaban J connectivity index is 1.58. The number of nitro groups is 1. The normalized spacial score (nSPS) is 10.4. The largest absolute Gasteiger partial charge is 0.338 e. The minimum atomic E-state index is -0.464. The van der Waals surface area contributed by atoms with E-state index in [9.17, 15) is 19.7 Å². The number of benzene rings is 2. The van der Waals surface area contributed by atoms with Crippen LogP contribution < -0.4 is 5.32 Å². The van der Waals surface area contributed by atoms with Gasteiger partial charge in [-0.15, -0.1) is 11.3 Å². The van der Waals surface area contributed by atoms with E-state index in [2.05, 4.69) is 10.3 Å². The Bertz CT molecular complexity index is 1050. The second-order valence-electron chi connectivity index (χ2n) is 6.57. The van der Waals surface area contributed by atoms with Crippen molar-refractivity contribution >= 4 is 34.0 Å². The van der Waals surface area contributed by atoms with Crippen molar-refractivity contribution in [1.82, 2.24) is 9.88 Å². The van der Waals surface area contributed by atoms with E-state index in [-0.39, 0.29) is 23.9 Å². The average Bonchev–Trinajstić information content (AvgIpc) is 3.20. The Labute approximate surface area is 177 Å². The SMILES string of the molecule is CC(=O)N(CCC(=O)Nc1nc(-c2cccc([N+](=O)[O-])c2)cs1)Cc1ccccc1. The molecule has 154 valence electrons. The number of aromatic nitrogens is 1. The fourth-order valence-corrected chi connectivity index (χ4v) is 3.55. The lowest BCUT2D eigenvalue weighted by Crippen LogP contribution is -2.31. The molecule has 0 aliphatic heterocycles. The van der Waals surface area contributed by atoms with Crippen molar-refractivity contribution in [2.75, 3.05) is 11.9 Å². The highest BCUT2D eigenvalue weighted by molar-refractivity contribution is 7.14. The number of anilines is 1. The van der Waals surface area contributed by atoms with Crippen molar-refractivity contribution in [1.29, 1.82) is 0 Å². The van der Waals surface area contributed by atoms with E-state index < -0.39 is 4.92 Å². The number of thiazole rings is 1. The Morgan fingerprint density at radius 3 is 2.63 bits per heavy atom. The van der Waals surface area contributed by atoms with E-state index in [1.165, 1.54) is 30.4 Å². The van der Waals surface area contributed by atoms with Crippen molar-refractivity contribution in [3.8, 4) is 11.3 Å². The number of nitrogens with zero attached hydrogens (tertiary/aromatic N) is 3. The Kier molecular flexibility index (Phi) is 6.87. The third kappa shape index (κ3) is 5.71. The molecule has 0 aliphatic carbocycles. The van der Waals surface area contributed by atoms with Gasteiger partial charge in [0.05, 0.1) is 10.6 Å². The molecular formula is C21H20N4O4S. The van der Waals surface area contributed by atoms with E-state index in [1.54, 1.807) is 22.4 Å². The molecule has 0 saturated carbocycles. The zero-order valence-corrected chi connectivity index (χ0v) is 17.1. The predicted octanol–water partition coefficient (Wildman–Crippen LogP) is 4.10. The third-order valence-electron chi connectivity index (χ3n) is 4.37. The highest BCUT2D eigenvalue weighted by atomic mass is 32.1. The number of rotatable bonds is 8. The van der Waals surface area contributed by atoms with Crippen LogP contribution in [0, 0.1) is 10.1 Å². The topological polar surface area (TPSA) is 105 Å². The van der Waals surface area contributed by atoms with Gasteiger partial charge in [0.2, 0.25) is 11.8 Å². The van der Waals surface area contributed by atoms with Crippen LogP contribution in [0.5, 0.6) is 0 Å². The standard InChI is InChI=1S/C21H20N4O4S/c1-15(26)24(13-16-6-3-2-4-7-16)11-10-20(27)23-21-22-19(14-30-21)17-8-5-9-18(12-17)25(28)29/h2-9,12,14H,10-11,13H2,1H3,(H,22,23,27). The van der Waals surface area contributed by atoms with E-state index in [0.29, 0.717) is 29.5 Å². The lowest BCUT2D eigenvalue weighted by Gasteiger charge is -2.20. The zero-order chi connectivity index (χ0) is 21.5. The number of carbonyl (C=O) groups excluding carboxylic acids is 2. The van der Waals surface area contributed by atoms with Gasteiger partial charge in [0.15, 0.2) is 5.13 Å². The Hall–Kier alpha value is -3.59. The summed E-state index contributed by atoms with van der Waals surface area (Å²) in [5.41, 5.74) is 2.13. The van der Waals surface area contributed by atoms with Crippen LogP contribution in [0.4, 0.5) is 10.8 Å². The maximum Gasteiger partial charge on any atom is 0.270 e. The molecule has 2 amide bonds. The lowest BCUT2D eigenvalue weighted by molar-refractivity contribution is -0.384. The van der Waals surface area contributed by atoms with Crippen LogP contribution in [0.2, 0.25) is 0 Å². The zero-order valence-electron chi connectivity index (χ0n) is 16.3. The second-order valence-corrected chi connectivity index (χ2v) is 7.43. The number of non-ortho nitro benzene ring substituents is 1. The predicted molar refractivity (Wildman–Crippen MR) is 115 cm³/mol. The van der Waals surface area contributed by atoms with Gasteiger partial charge in [-0.2, -0.15) is 0 Å². The molecule has 0 bridgehead atoms. The smallest absolute Gasteiger partial charge is 0.270 e. The van der Waals surface area contributed by atoms with Crippen LogP contribution in [0.3, 0.4) is 0 Å². The maximum absolute atomic E-state index is 12.3. The highest BCUT2D eigenvalue weighted by Crippen LogP contribution is 2.27. The molecule has 3 aromatic rings. The maximum atomic E-state index is 12.3. The van der Waals surface area contributed by atoms with Gasteiger partial charge in [0.25, 0.3) is 5.69 Å². The molecule has 1 N–H and O–H groups in total. The van der Waals surface area contributed by atoms with Gasteiger partial charge in [-0.05, 0) is 5.56 Å². The van der Waals surface area contributed by atoms with Crippen LogP contribution in [0.15, 0.2) is 60.0 Å². The van der Waals surface area contributed by atoms with Gasteiger partial charge in [0.1, 0.15) is 0 Å². The van der Waals surface area contributed by atoms with E-state index in [0.717, 1.165) is 5.56 Å². The Morgan fingerprint density at radius 2 is 1.93 bits per heavy atom. The molecule has 30 heavy (non-hydrogen) atoms. The molecule has 9 heteroatoms. The molecule has 0 saturated heterocycles. The molecule has 1 aromatic heterocycles. The summed E-state index contributed by atoms with van der Waals surface area (Å²) in [6.07, 6.45) is 0.137. The molecular weight excluding hydrogens is 404 g/mol. The molecule has 0 aliphatic rings. The van der Waals surface area contributed by atoms with Gasteiger partial charge >= 0.3 is 0 Å². The van der Waals surface area contributed by atoms with Gasteiger partial charge in [-0.25, -0.2) is 4.98 Å². The highest BCUT2D eigenvalue weighted by Gasteiger charge is 2.14. The number of nitrogens with one attached hydrogen (secondary N) is 1. The first-order valence-electron chi connectivity index (χ1n) is 9.22. The summed E-state index contributed by atoms with van der Waals surface area (Å²) in [7, 11) is 0. The molecule has 3 rings (SSSR count). The summed E-state index contributed by atoms with van der Waals surface area (Å²) in [6, 6.07) is 15.7. The third-order valence-corrected chi connectivity index (χ3v) is 5.13. The van der Waals surface area contributed by atoms with E-state index >= 15 is 0 Å². The minimum Gasteiger partial charge on any atom is -0.338 e. The summed E-state index contributed by atoms with van der Waals surface area (Å²) >= 11 is 1.24. The molecule has 0 radical (unpaired) electrons. The van der Waals surface area contributed by atoms with Crippen molar-refractivity contribution < 1.29 is 14.5 Å². The first kappa shape index (κ1) is 21.1. The quantitative estimate of drug-likeness (QED) is 0.433. The number of nitro benzene ring substituents is 1. The van der Waals surface area contributed by atoms with Crippen LogP contribution in [-0.4, -0.2) is 33.2 Å². The van der Waals surface area contributed by atoms with Crippen molar-refractivity contribution in [3.05, 3.63) is 75.7 Å².